The van der Waals surface area contributed by atoms with Gasteiger partial charge in [-0.05, 0) is 29.3 Å². The molecule has 0 aliphatic carbocycles. The molecule has 2 heteroatoms. The lowest BCUT2D eigenvalue weighted by Crippen LogP contribution is -1.88. The lowest BCUT2D eigenvalue weighted by molar-refractivity contribution is -0.104. The molecule has 0 aliphatic heterocycles. The van der Waals surface area contributed by atoms with Crippen LogP contribution in [0.4, 0.5) is 0 Å². The number of hydrogen-bond acceptors (Lipinski definition) is 2. The fraction of sp³-hybridized carbons (Fsp3) is 0.0625. The van der Waals surface area contributed by atoms with Gasteiger partial charge in [-0.2, -0.15) is 0 Å². The Hall–Kier alpha value is -2.35. The van der Waals surface area contributed by atoms with Crippen LogP contribution in [0.1, 0.15) is 5.56 Å². The number of methoxy groups -OCH3 is 1. The third-order valence-corrected chi connectivity index (χ3v) is 2.69. The first-order valence-electron chi connectivity index (χ1n) is 5.70. The van der Waals surface area contributed by atoms with Crippen molar-refractivity contribution in [2.45, 2.75) is 0 Å². The highest BCUT2D eigenvalue weighted by atomic mass is 16.5. The van der Waals surface area contributed by atoms with E-state index in [9.17, 15) is 4.79 Å². The standard InChI is InChI=1S/C16H14O2/c1-18-16-12-15(13-6-3-2-4-7-13)10-9-14(16)8-5-11-17/h2-12H,1H3. The van der Waals surface area contributed by atoms with Crippen molar-refractivity contribution in [1.82, 2.24) is 0 Å². The van der Waals surface area contributed by atoms with Gasteiger partial charge in [0.1, 0.15) is 12.0 Å². The van der Waals surface area contributed by atoms with E-state index in [1.165, 1.54) is 6.08 Å². The smallest absolute Gasteiger partial charge is 0.142 e. The van der Waals surface area contributed by atoms with Crippen LogP contribution in [-0.4, -0.2) is 13.4 Å². The lowest BCUT2D eigenvalue weighted by atomic mass is 10.0. The van der Waals surface area contributed by atoms with Crippen LogP contribution in [0.15, 0.2) is 54.6 Å². The first kappa shape index (κ1) is 12.1. The Morgan fingerprint density at radius 1 is 1.00 bits per heavy atom. The Morgan fingerprint density at radius 3 is 2.44 bits per heavy atom. The Labute approximate surface area is 107 Å². The van der Waals surface area contributed by atoms with Gasteiger partial charge in [0.2, 0.25) is 0 Å². The van der Waals surface area contributed by atoms with Crippen LogP contribution in [0.25, 0.3) is 17.2 Å². The first-order valence-corrected chi connectivity index (χ1v) is 5.70. The molecule has 0 heterocycles. The predicted octanol–water partition coefficient (Wildman–Crippen LogP) is 3.57. The maximum absolute atomic E-state index is 10.3. The zero-order chi connectivity index (χ0) is 12.8. The molecule has 90 valence electrons. The van der Waals surface area contributed by atoms with Gasteiger partial charge in [0.25, 0.3) is 0 Å². The van der Waals surface area contributed by atoms with E-state index in [2.05, 4.69) is 12.1 Å². The number of carbonyl (C=O) groups excluding carboxylic acids is 1. The molecule has 2 aromatic carbocycles. The van der Waals surface area contributed by atoms with Crippen LogP contribution in [-0.2, 0) is 4.79 Å². The van der Waals surface area contributed by atoms with Crippen LogP contribution in [0.5, 0.6) is 5.75 Å². The monoisotopic (exact) mass is 238 g/mol. The number of aldehydes is 1. The number of carbonyl (C=O) groups is 1. The van der Waals surface area contributed by atoms with Crippen molar-refractivity contribution in [1.29, 1.82) is 0 Å². The van der Waals surface area contributed by atoms with E-state index in [1.54, 1.807) is 13.2 Å². The summed E-state index contributed by atoms with van der Waals surface area (Å²) in [7, 11) is 1.63. The Balaban J connectivity index is 2.42. The normalized spacial score (nSPS) is 10.5. The fourth-order valence-electron chi connectivity index (χ4n) is 1.80. The third kappa shape index (κ3) is 2.66. The number of rotatable bonds is 4. The van der Waals surface area contributed by atoms with Gasteiger partial charge < -0.3 is 4.74 Å². The van der Waals surface area contributed by atoms with Crippen molar-refractivity contribution in [3.63, 3.8) is 0 Å². The maximum Gasteiger partial charge on any atom is 0.142 e. The zero-order valence-corrected chi connectivity index (χ0v) is 10.2. The highest BCUT2D eigenvalue weighted by Crippen LogP contribution is 2.27. The van der Waals surface area contributed by atoms with Crippen molar-refractivity contribution in [2.24, 2.45) is 0 Å². The Morgan fingerprint density at radius 2 is 1.78 bits per heavy atom. The molecule has 0 saturated carbocycles. The van der Waals surface area contributed by atoms with E-state index < -0.39 is 0 Å². The minimum absolute atomic E-state index is 0.755. The molecule has 0 saturated heterocycles. The van der Waals surface area contributed by atoms with Gasteiger partial charge in [0.05, 0.1) is 7.11 Å². The summed E-state index contributed by atoms with van der Waals surface area (Å²) in [6.07, 6.45) is 3.95. The summed E-state index contributed by atoms with van der Waals surface area (Å²) in [5.74, 6) is 0.759. The van der Waals surface area contributed by atoms with Crippen molar-refractivity contribution in [2.75, 3.05) is 7.11 Å². The van der Waals surface area contributed by atoms with Gasteiger partial charge >= 0.3 is 0 Å². The fourth-order valence-corrected chi connectivity index (χ4v) is 1.80. The molecule has 0 aromatic heterocycles. The van der Waals surface area contributed by atoms with E-state index in [0.29, 0.717) is 0 Å². The van der Waals surface area contributed by atoms with Crippen LogP contribution in [0, 0.1) is 0 Å². The summed E-state index contributed by atoms with van der Waals surface area (Å²) in [6, 6.07) is 16.0. The molecule has 0 spiro atoms. The van der Waals surface area contributed by atoms with Gasteiger partial charge in [-0.3, -0.25) is 4.79 Å². The molecule has 0 fully saturated rings. The van der Waals surface area contributed by atoms with Crippen molar-refractivity contribution < 1.29 is 9.53 Å². The summed E-state index contributed by atoms with van der Waals surface area (Å²) in [4.78, 5) is 10.3. The molecule has 0 unspecified atom stereocenters. The van der Waals surface area contributed by atoms with Crippen LogP contribution in [0.3, 0.4) is 0 Å². The number of hydrogen-bond donors (Lipinski definition) is 0. The molecule has 2 aromatic rings. The maximum atomic E-state index is 10.3. The largest absolute Gasteiger partial charge is 0.496 e. The average molecular weight is 238 g/mol. The van der Waals surface area contributed by atoms with Gasteiger partial charge in [-0.15, -0.1) is 0 Å². The van der Waals surface area contributed by atoms with Gasteiger partial charge in [0.15, 0.2) is 0 Å². The first-order chi connectivity index (χ1) is 8.85. The molecule has 0 amide bonds. The van der Waals surface area contributed by atoms with Gasteiger partial charge in [0, 0.05) is 5.56 Å². The van der Waals surface area contributed by atoms with Gasteiger partial charge in [-0.1, -0.05) is 42.5 Å². The number of benzene rings is 2. The Bertz CT molecular complexity index is 557. The topological polar surface area (TPSA) is 26.3 Å². The summed E-state index contributed by atoms with van der Waals surface area (Å²) in [5, 5.41) is 0. The molecule has 2 nitrogen and oxygen atoms in total. The molecule has 2 rings (SSSR count). The molecule has 0 bridgehead atoms. The van der Waals surface area contributed by atoms with Crippen LogP contribution < -0.4 is 4.74 Å². The van der Waals surface area contributed by atoms with Crippen molar-refractivity contribution in [3.05, 3.63) is 60.2 Å². The minimum Gasteiger partial charge on any atom is -0.496 e. The second-order valence-electron chi connectivity index (χ2n) is 3.82. The molecule has 18 heavy (non-hydrogen) atoms. The van der Waals surface area contributed by atoms with Crippen LogP contribution in [0.2, 0.25) is 0 Å². The van der Waals surface area contributed by atoms with Crippen molar-refractivity contribution >= 4 is 12.4 Å². The highest BCUT2D eigenvalue weighted by molar-refractivity contribution is 5.77. The van der Waals surface area contributed by atoms with E-state index in [4.69, 9.17) is 4.74 Å². The van der Waals surface area contributed by atoms with E-state index in [0.717, 1.165) is 28.7 Å². The molecule has 0 atom stereocenters. The predicted molar refractivity (Wildman–Crippen MR) is 73.5 cm³/mol. The number of ether oxygens (including phenoxy) is 1. The SMILES string of the molecule is COc1cc(-c2ccccc2)ccc1C=CC=O. The molecular formula is C16H14O2. The molecule has 0 aliphatic rings. The summed E-state index contributed by atoms with van der Waals surface area (Å²) >= 11 is 0. The molecule has 0 radical (unpaired) electrons. The molecular weight excluding hydrogens is 224 g/mol. The van der Waals surface area contributed by atoms with Gasteiger partial charge in [-0.25, -0.2) is 0 Å². The zero-order valence-electron chi connectivity index (χ0n) is 10.2. The third-order valence-electron chi connectivity index (χ3n) is 2.69. The second-order valence-corrected chi connectivity index (χ2v) is 3.82. The van der Waals surface area contributed by atoms with Crippen LogP contribution >= 0.6 is 0 Å². The van der Waals surface area contributed by atoms with E-state index in [1.807, 2.05) is 36.4 Å². The quantitative estimate of drug-likeness (QED) is 0.601. The lowest BCUT2D eigenvalue weighted by Gasteiger charge is -2.08. The summed E-state index contributed by atoms with van der Waals surface area (Å²) in [5.41, 5.74) is 3.13. The minimum atomic E-state index is 0.755. The summed E-state index contributed by atoms with van der Waals surface area (Å²) < 4.78 is 5.34. The molecule has 0 N–H and O–H groups in total. The van der Waals surface area contributed by atoms with E-state index >= 15 is 0 Å². The number of allylic oxidation sites excluding steroid dienone is 1. The average Bonchev–Trinajstić information content (AvgIpc) is 2.46. The van der Waals surface area contributed by atoms with E-state index in [-0.39, 0.29) is 0 Å². The van der Waals surface area contributed by atoms with Crippen molar-refractivity contribution in [3.8, 4) is 16.9 Å². The highest BCUT2D eigenvalue weighted by Gasteiger charge is 2.03. The Kier molecular flexibility index (Phi) is 3.92. The summed E-state index contributed by atoms with van der Waals surface area (Å²) in [6.45, 7) is 0. The second kappa shape index (κ2) is 5.82.